The highest BCUT2D eigenvalue weighted by atomic mass is 15.0. The van der Waals surface area contributed by atoms with Crippen LogP contribution in [0.4, 0.5) is 11.6 Å². The fraction of sp³-hybridized carbons (Fsp3) is 0.312. The first-order chi connectivity index (χ1) is 10.7. The molecule has 0 radical (unpaired) electrons. The van der Waals surface area contributed by atoms with Crippen LogP contribution in [-0.4, -0.2) is 34.8 Å². The summed E-state index contributed by atoms with van der Waals surface area (Å²) in [5.41, 5.74) is 7.31. The first kappa shape index (κ1) is 14.5. The third kappa shape index (κ3) is 3.23. The Morgan fingerprint density at radius 2 is 2.27 bits per heavy atom. The van der Waals surface area contributed by atoms with Crippen LogP contribution in [0.1, 0.15) is 24.1 Å². The van der Waals surface area contributed by atoms with Crippen LogP contribution in [-0.2, 0) is 0 Å². The van der Waals surface area contributed by atoms with Gasteiger partial charge in [0.1, 0.15) is 11.6 Å². The molecule has 1 unspecified atom stereocenters. The Balaban J connectivity index is 1.73. The standard InChI is InChI=1S/C16H20N6/c17-15(12-5-3-9-20-16(12)18)13-6-1-7-14(22-13)21-10-11-4-2-8-19-11/h1,3,5-7,9,11,17,19H,2,4,8,10H2,(H2,18,20)(H,21,22). The average Bonchev–Trinajstić information content (AvgIpc) is 3.06. The van der Waals surface area contributed by atoms with Crippen LogP contribution in [0.15, 0.2) is 36.5 Å². The summed E-state index contributed by atoms with van der Waals surface area (Å²) in [4.78, 5) is 8.53. The molecule has 1 aliphatic rings. The van der Waals surface area contributed by atoms with Gasteiger partial charge in [-0.1, -0.05) is 6.07 Å². The summed E-state index contributed by atoms with van der Waals surface area (Å²) < 4.78 is 0. The molecule has 5 N–H and O–H groups in total. The molecule has 1 saturated heterocycles. The number of nitrogens with zero attached hydrogens (tertiary/aromatic N) is 2. The van der Waals surface area contributed by atoms with E-state index < -0.39 is 0 Å². The van der Waals surface area contributed by atoms with Crippen LogP contribution in [0, 0.1) is 5.41 Å². The zero-order valence-corrected chi connectivity index (χ0v) is 12.3. The monoisotopic (exact) mass is 296 g/mol. The van der Waals surface area contributed by atoms with Crippen molar-refractivity contribution in [3.05, 3.63) is 47.8 Å². The van der Waals surface area contributed by atoms with Gasteiger partial charge in [0.25, 0.3) is 0 Å². The quantitative estimate of drug-likeness (QED) is 0.629. The van der Waals surface area contributed by atoms with E-state index in [1.54, 1.807) is 18.3 Å². The minimum absolute atomic E-state index is 0.285. The first-order valence-electron chi connectivity index (χ1n) is 7.48. The molecule has 1 aliphatic heterocycles. The fourth-order valence-corrected chi connectivity index (χ4v) is 2.60. The number of pyridine rings is 2. The number of rotatable bonds is 5. The van der Waals surface area contributed by atoms with E-state index in [1.807, 2.05) is 18.2 Å². The van der Waals surface area contributed by atoms with Crippen molar-refractivity contribution in [3.63, 3.8) is 0 Å². The Bertz CT molecular complexity index is 663. The maximum Gasteiger partial charge on any atom is 0.132 e. The van der Waals surface area contributed by atoms with Gasteiger partial charge in [0.05, 0.1) is 11.4 Å². The van der Waals surface area contributed by atoms with Crippen molar-refractivity contribution >= 4 is 17.3 Å². The van der Waals surface area contributed by atoms with Crippen molar-refractivity contribution in [1.29, 1.82) is 5.41 Å². The maximum absolute atomic E-state index is 8.28. The molecule has 0 aliphatic carbocycles. The zero-order chi connectivity index (χ0) is 15.4. The molecular weight excluding hydrogens is 276 g/mol. The van der Waals surface area contributed by atoms with E-state index in [1.165, 1.54) is 12.8 Å². The molecule has 1 fully saturated rings. The van der Waals surface area contributed by atoms with Gasteiger partial charge in [-0.25, -0.2) is 9.97 Å². The molecule has 1 atom stereocenters. The fourth-order valence-electron chi connectivity index (χ4n) is 2.60. The second-order valence-electron chi connectivity index (χ2n) is 5.39. The van der Waals surface area contributed by atoms with E-state index in [2.05, 4.69) is 20.6 Å². The maximum atomic E-state index is 8.28. The molecule has 2 aromatic rings. The number of anilines is 2. The van der Waals surface area contributed by atoms with Crippen LogP contribution >= 0.6 is 0 Å². The largest absolute Gasteiger partial charge is 0.383 e. The topological polar surface area (TPSA) is 99.7 Å². The molecule has 3 heterocycles. The summed E-state index contributed by atoms with van der Waals surface area (Å²) in [6, 6.07) is 9.68. The normalized spacial score (nSPS) is 17.4. The van der Waals surface area contributed by atoms with Gasteiger partial charge in [-0.3, -0.25) is 5.41 Å². The van der Waals surface area contributed by atoms with E-state index in [4.69, 9.17) is 11.1 Å². The highest BCUT2D eigenvalue weighted by Gasteiger charge is 2.14. The molecule has 0 amide bonds. The van der Waals surface area contributed by atoms with Crippen molar-refractivity contribution in [1.82, 2.24) is 15.3 Å². The third-order valence-corrected chi connectivity index (χ3v) is 3.81. The van der Waals surface area contributed by atoms with E-state index >= 15 is 0 Å². The summed E-state index contributed by atoms with van der Waals surface area (Å²) >= 11 is 0. The van der Waals surface area contributed by atoms with Gasteiger partial charge in [-0.15, -0.1) is 0 Å². The van der Waals surface area contributed by atoms with Crippen LogP contribution in [0.2, 0.25) is 0 Å². The van der Waals surface area contributed by atoms with Crippen LogP contribution in [0.3, 0.4) is 0 Å². The third-order valence-electron chi connectivity index (χ3n) is 3.81. The van der Waals surface area contributed by atoms with Gasteiger partial charge in [-0.2, -0.15) is 0 Å². The summed E-state index contributed by atoms with van der Waals surface area (Å²) in [6.45, 7) is 1.93. The van der Waals surface area contributed by atoms with E-state index in [0.29, 0.717) is 23.1 Å². The van der Waals surface area contributed by atoms with Gasteiger partial charge in [0.2, 0.25) is 0 Å². The second-order valence-corrected chi connectivity index (χ2v) is 5.39. The van der Waals surface area contributed by atoms with Crippen LogP contribution < -0.4 is 16.4 Å². The first-order valence-corrected chi connectivity index (χ1v) is 7.48. The molecule has 6 heteroatoms. The molecule has 2 aromatic heterocycles. The summed E-state index contributed by atoms with van der Waals surface area (Å²) in [7, 11) is 0. The molecule has 3 rings (SSSR count). The van der Waals surface area contributed by atoms with Crippen molar-refractivity contribution < 1.29 is 0 Å². The van der Waals surface area contributed by atoms with Gasteiger partial charge >= 0.3 is 0 Å². The average molecular weight is 296 g/mol. The van der Waals surface area contributed by atoms with Crippen molar-refractivity contribution in [3.8, 4) is 0 Å². The van der Waals surface area contributed by atoms with Gasteiger partial charge < -0.3 is 16.4 Å². The van der Waals surface area contributed by atoms with Crippen LogP contribution in [0.25, 0.3) is 0 Å². The van der Waals surface area contributed by atoms with Gasteiger partial charge in [-0.05, 0) is 43.7 Å². The SMILES string of the molecule is N=C(c1cccc(NCC2CCCN2)n1)c1cccnc1N. The van der Waals surface area contributed by atoms with Gasteiger partial charge in [0.15, 0.2) is 0 Å². The molecule has 114 valence electrons. The van der Waals surface area contributed by atoms with Crippen molar-refractivity contribution in [2.45, 2.75) is 18.9 Å². The van der Waals surface area contributed by atoms with Crippen molar-refractivity contribution in [2.24, 2.45) is 0 Å². The highest BCUT2D eigenvalue weighted by molar-refractivity contribution is 6.12. The molecular formula is C16H20N6. The molecule has 0 bridgehead atoms. The lowest BCUT2D eigenvalue weighted by Crippen LogP contribution is -2.29. The molecule has 6 nitrogen and oxygen atoms in total. The van der Waals surface area contributed by atoms with E-state index in [0.717, 1.165) is 18.9 Å². The Morgan fingerprint density at radius 3 is 3.05 bits per heavy atom. The number of nitrogen functional groups attached to an aromatic ring is 1. The lowest BCUT2D eigenvalue weighted by Gasteiger charge is -2.13. The summed E-state index contributed by atoms with van der Waals surface area (Å²) in [5.74, 6) is 1.13. The van der Waals surface area contributed by atoms with Crippen LogP contribution in [0.5, 0.6) is 0 Å². The van der Waals surface area contributed by atoms with E-state index in [-0.39, 0.29) is 5.71 Å². The predicted octanol–water partition coefficient (Wildman–Crippen LogP) is 1.64. The Labute approximate surface area is 129 Å². The zero-order valence-electron chi connectivity index (χ0n) is 12.3. The van der Waals surface area contributed by atoms with Crippen molar-refractivity contribution in [2.75, 3.05) is 24.1 Å². The number of aromatic nitrogens is 2. The molecule has 0 spiro atoms. The highest BCUT2D eigenvalue weighted by Crippen LogP contribution is 2.15. The lowest BCUT2D eigenvalue weighted by molar-refractivity contribution is 0.632. The number of hydrogen-bond acceptors (Lipinski definition) is 6. The molecule has 22 heavy (non-hydrogen) atoms. The Hall–Kier alpha value is -2.47. The number of nitrogens with two attached hydrogens (primary N) is 1. The predicted molar refractivity (Wildman–Crippen MR) is 88.3 cm³/mol. The minimum atomic E-state index is 0.285. The van der Waals surface area contributed by atoms with Gasteiger partial charge in [0, 0.05) is 24.3 Å². The lowest BCUT2D eigenvalue weighted by atomic mass is 10.1. The summed E-state index contributed by atoms with van der Waals surface area (Å²) in [5, 5.41) is 15.1. The second kappa shape index (κ2) is 6.53. The Morgan fingerprint density at radius 1 is 1.36 bits per heavy atom. The number of nitrogens with one attached hydrogen (secondary N) is 3. The van der Waals surface area contributed by atoms with E-state index in [9.17, 15) is 0 Å². The molecule has 0 aromatic carbocycles. The molecule has 0 saturated carbocycles. The Kier molecular flexibility index (Phi) is 4.29. The summed E-state index contributed by atoms with van der Waals surface area (Å²) in [6.07, 6.45) is 4.03. The minimum Gasteiger partial charge on any atom is -0.383 e. The smallest absolute Gasteiger partial charge is 0.132 e. The number of hydrogen-bond donors (Lipinski definition) is 4.